The van der Waals surface area contributed by atoms with Crippen LogP contribution < -0.4 is 0 Å². The monoisotopic (exact) mass is 315 g/mol. The largest absolute Gasteiger partial charge is 0.467 e. The molecule has 0 aliphatic carbocycles. The lowest BCUT2D eigenvalue weighted by Crippen LogP contribution is -2.30. The van der Waals surface area contributed by atoms with E-state index >= 15 is 0 Å². The molecular formula is C18H21NO4. The molecule has 0 radical (unpaired) electrons. The third-order valence-corrected chi connectivity index (χ3v) is 3.34. The molecule has 1 heterocycles. The highest BCUT2D eigenvalue weighted by molar-refractivity contribution is 5.81. The minimum absolute atomic E-state index is 0.0934. The summed E-state index contributed by atoms with van der Waals surface area (Å²) < 4.78 is 10.2. The van der Waals surface area contributed by atoms with Crippen LogP contribution in [0.5, 0.6) is 0 Å². The summed E-state index contributed by atoms with van der Waals surface area (Å²) in [6.07, 6.45) is 1.81. The average molecular weight is 315 g/mol. The van der Waals surface area contributed by atoms with Crippen LogP contribution in [0.25, 0.3) is 0 Å². The molecule has 0 saturated carbocycles. The van der Waals surface area contributed by atoms with Crippen molar-refractivity contribution < 1.29 is 18.7 Å². The van der Waals surface area contributed by atoms with Gasteiger partial charge in [0, 0.05) is 13.0 Å². The van der Waals surface area contributed by atoms with Crippen LogP contribution in [-0.4, -0.2) is 23.4 Å². The Kier molecular flexibility index (Phi) is 6.41. The zero-order chi connectivity index (χ0) is 16.5. The number of carbonyl (C=O) groups excluding carboxylic acids is 2. The van der Waals surface area contributed by atoms with Gasteiger partial charge in [-0.15, -0.1) is 0 Å². The van der Waals surface area contributed by atoms with Gasteiger partial charge < -0.3 is 14.1 Å². The van der Waals surface area contributed by atoms with E-state index in [1.807, 2.05) is 36.4 Å². The molecule has 0 N–H and O–H groups in total. The van der Waals surface area contributed by atoms with Crippen molar-refractivity contribution in [1.29, 1.82) is 0 Å². The second kappa shape index (κ2) is 8.78. The summed E-state index contributed by atoms with van der Waals surface area (Å²) in [6.45, 7) is 2.93. The van der Waals surface area contributed by atoms with E-state index in [1.54, 1.807) is 24.2 Å². The highest BCUT2D eigenvalue weighted by Gasteiger charge is 2.17. The van der Waals surface area contributed by atoms with Gasteiger partial charge in [0.1, 0.15) is 5.76 Å². The molecule has 5 nitrogen and oxygen atoms in total. The standard InChI is InChI=1S/C18H21NO4/c1-2-22-18(21)11-10-17(20)19(14-16-9-6-12-23-16)13-15-7-4-3-5-8-15/h3-9,12H,2,10-11,13-14H2,1H3. The number of esters is 1. The molecule has 2 aromatic rings. The van der Waals surface area contributed by atoms with Crippen molar-refractivity contribution in [2.45, 2.75) is 32.9 Å². The number of ether oxygens (including phenoxy) is 1. The summed E-state index contributed by atoms with van der Waals surface area (Å²) in [7, 11) is 0. The van der Waals surface area contributed by atoms with Gasteiger partial charge in [0.2, 0.25) is 5.91 Å². The molecule has 1 aromatic carbocycles. The molecule has 0 aliphatic rings. The molecule has 1 amide bonds. The summed E-state index contributed by atoms with van der Waals surface area (Å²) in [4.78, 5) is 25.6. The molecule has 122 valence electrons. The smallest absolute Gasteiger partial charge is 0.306 e. The van der Waals surface area contributed by atoms with E-state index < -0.39 is 0 Å². The molecule has 0 spiro atoms. The Morgan fingerprint density at radius 3 is 2.48 bits per heavy atom. The number of rotatable bonds is 8. The molecule has 23 heavy (non-hydrogen) atoms. The predicted molar refractivity (Wildman–Crippen MR) is 85.3 cm³/mol. The first-order valence-electron chi connectivity index (χ1n) is 7.68. The van der Waals surface area contributed by atoms with Crippen LogP contribution in [0.1, 0.15) is 31.1 Å². The van der Waals surface area contributed by atoms with Gasteiger partial charge in [-0.1, -0.05) is 30.3 Å². The van der Waals surface area contributed by atoms with Gasteiger partial charge in [0.05, 0.1) is 25.8 Å². The number of nitrogens with zero attached hydrogens (tertiary/aromatic N) is 1. The van der Waals surface area contributed by atoms with E-state index in [9.17, 15) is 9.59 Å². The molecule has 1 aromatic heterocycles. The van der Waals surface area contributed by atoms with Crippen molar-refractivity contribution in [3.05, 3.63) is 60.1 Å². The van der Waals surface area contributed by atoms with E-state index in [-0.39, 0.29) is 24.7 Å². The Morgan fingerprint density at radius 1 is 1.04 bits per heavy atom. The van der Waals surface area contributed by atoms with Gasteiger partial charge in [0.15, 0.2) is 0 Å². The van der Waals surface area contributed by atoms with Crippen molar-refractivity contribution in [2.75, 3.05) is 6.61 Å². The Bertz CT molecular complexity index is 607. The van der Waals surface area contributed by atoms with Crippen molar-refractivity contribution in [3.8, 4) is 0 Å². The van der Waals surface area contributed by atoms with Crippen molar-refractivity contribution in [2.24, 2.45) is 0 Å². The SMILES string of the molecule is CCOC(=O)CCC(=O)N(Cc1ccccc1)Cc1ccco1. The molecule has 0 unspecified atom stereocenters. The number of furan rings is 1. The molecule has 0 saturated heterocycles. The summed E-state index contributed by atoms with van der Waals surface area (Å²) >= 11 is 0. The van der Waals surface area contributed by atoms with E-state index in [0.29, 0.717) is 25.5 Å². The third-order valence-electron chi connectivity index (χ3n) is 3.34. The van der Waals surface area contributed by atoms with Gasteiger partial charge in [-0.2, -0.15) is 0 Å². The molecule has 5 heteroatoms. The van der Waals surface area contributed by atoms with Crippen molar-refractivity contribution >= 4 is 11.9 Å². The van der Waals surface area contributed by atoms with E-state index in [2.05, 4.69) is 0 Å². The number of hydrogen-bond donors (Lipinski definition) is 0. The van der Waals surface area contributed by atoms with E-state index in [1.165, 1.54) is 0 Å². The first-order valence-corrected chi connectivity index (χ1v) is 7.68. The van der Waals surface area contributed by atoms with Crippen LogP contribution >= 0.6 is 0 Å². The third kappa shape index (κ3) is 5.62. The maximum atomic E-state index is 12.5. The lowest BCUT2D eigenvalue weighted by atomic mass is 10.2. The fourth-order valence-electron chi connectivity index (χ4n) is 2.23. The Labute approximate surface area is 135 Å². The fraction of sp³-hybridized carbons (Fsp3) is 0.333. The maximum Gasteiger partial charge on any atom is 0.306 e. The second-order valence-corrected chi connectivity index (χ2v) is 5.12. The average Bonchev–Trinajstić information content (AvgIpc) is 3.06. The quantitative estimate of drug-likeness (QED) is 0.702. The van der Waals surface area contributed by atoms with Crippen molar-refractivity contribution in [3.63, 3.8) is 0 Å². The number of benzene rings is 1. The summed E-state index contributed by atoms with van der Waals surface area (Å²) in [5.74, 6) is 0.266. The van der Waals surface area contributed by atoms with Crippen LogP contribution in [-0.2, 0) is 27.4 Å². The number of amides is 1. The minimum atomic E-state index is -0.349. The van der Waals surface area contributed by atoms with Crippen LogP contribution in [0, 0.1) is 0 Å². The van der Waals surface area contributed by atoms with Gasteiger partial charge in [-0.25, -0.2) is 0 Å². The lowest BCUT2D eigenvalue weighted by molar-refractivity contribution is -0.146. The number of carbonyl (C=O) groups is 2. The van der Waals surface area contributed by atoms with Gasteiger partial charge >= 0.3 is 5.97 Å². The van der Waals surface area contributed by atoms with E-state index in [0.717, 1.165) is 5.56 Å². The summed E-state index contributed by atoms with van der Waals surface area (Å²) in [5, 5.41) is 0. The Hall–Kier alpha value is -2.56. The normalized spacial score (nSPS) is 10.3. The zero-order valence-electron chi connectivity index (χ0n) is 13.2. The van der Waals surface area contributed by atoms with Gasteiger partial charge in [0.25, 0.3) is 0 Å². The zero-order valence-corrected chi connectivity index (χ0v) is 13.2. The van der Waals surface area contributed by atoms with Crippen LogP contribution in [0.3, 0.4) is 0 Å². The Morgan fingerprint density at radius 2 is 1.83 bits per heavy atom. The first-order chi connectivity index (χ1) is 11.2. The second-order valence-electron chi connectivity index (χ2n) is 5.12. The molecule has 0 bridgehead atoms. The van der Waals surface area contributed by atoms with Crippen LogP contribution in [0.15, 0.2) is 53.1 Å². The maximum absolute atomic E-state index is 12.5. The molecule has 2 rings (SSSR count). The number of hydrogen-bond acceptors (Lipinski definition) is 4. The Balaban J connectivity index is 2.00. The van der Waals surface area contributed by atoms with Crippen LogP contribution in [0.4, 0.5) is 0 Å². The minimum Gasteiger partial charge on any atom is -0.467 e. The highest BCUT2D eigenvalue weighted by Crippen LogP contribution is 2.13. The molecular weight excluding hydrogens is 294 g/mol. The predicted octanol–water partition coefficient (Wildman–Crippen LogP) is 3.15. The fourth-order valence-corrected chi connectivity index (χ4v) is 2.23. The highest BCUT2D eigenvalue weighted by atomic mass is 16.5. The first kappa shape index (κ1) is 16.8. The topological polar surface area (TPSA) is 59.8 Å². The van der Waals surface area contributed by atoms with Gasteiger partial charge in [-0.3, -0.25) is 9.59 Å². The van der Waals surface area contributed by atoms with Crippen molar-refractivity contribution in [1.82, 2.24) is 4.90 Å². The summed E-state index contributed by atoms with van der Waals surface area (Å²) in [5.41, 5.74) is 1.03. The lowest BCUT2D eigenvalue weighted by Gasteiger charge is -2.22. The van der Waals surface area contributed by atoms with E-state index in [4.69, 9.17) is 9.15 Å². The van der Waals surface area contributed by atoms with Crippen LogP contribution in [0.2, 0.25) is 0 Å². The molecule has 0 atom stereocenters. The summed E-state index contributed by atoms with van der Waals surface area (Å²) in [6, 6.07) is 13.4. The molecule has 0 fully saturated rings. The molecule has 0 aliphatic heterocycles. The van der Waals surface area contributed by atoms with Gasteiger partial charge in [-0.05, 0) is 24.6 Å².